The van der Waals surface area contributed by atoms with Gasteiger partial charge in [-0.2, -0.15) is 0 Å². The predicted octanol–water partition coefficient (Wildman–Crippen LogP) is 1.55. The zero-order valence-corrected chi connectivity index (χ0v) is 12.2. The van der Waals surface area contributed by atoms with Gasteiger partial charge in [-0.15, -0.1) is 11.3 Å². The Morgan fingerprint density at radius 1 is 1.40 bits per heavy atom. The molecule has 0 aliphatic carbocycles. The Kier molecular flexibility index (Phi) is 5.55. The quantitative estimate of drug-likeness (QED) is 0.835. The predicted molar refractivity (Wildman–Crippen MR) is 77.6 cm³/mol. The van der Waals surface area contributed by atoms with Crippen molar-refractivity contribution >= 4 is 23.2 Å². The third-order valence-electron chi connectivity index (χ3n) is 3.58. The van der Waals surface area contributed by atoms with Crippen molar-refractivity contribution < 1.29 is 14.7 Å². The van der Waals surface area contributed by atoms with Gasteiger partial charge in [0, 0.05) is 11.3 Å². The second-order valence-electron chi connectivity index (χ2n) is 5.17. The Morgan fingerprint density at radius 3 is 2.75 bits per heavy atom. The van der Waals surface area contributed by atoms with Gasteiger partial charge in [-0.1, -0.05) is 6.07 Å². The van der Waals surface area contributed by atoms with Crippen molar-refractivity contribution in [1.29, 1.82) is 0 Å². The van der Waals surface area contributed by atoms with Gasteiger partial charge >= 0.3 is 5.97 Å². The van der Waals surface area contributed by atoms with Gasteiger partial charge in [0.1, 0.15) is 0 Å². The molecule has 0 bridgehead atoms. The van der Waals surface area contributed by atoms with E-state index in [1.54, 1.807) is 11.3 Å². The van der Waals surface area contributed by atoms with Gasteiger partial charge in [0.15, 0.2) is 0 Å². The van der Waals surface area contributed by atoms with E-state index in [0.717, 1.165) is 30.8 Å². The molecule has 1 aromatic rings. The molecule has 1 fully saturated rings. The summed E-state index contributed by atoms with van der Waals surface area (Å²) in [6.07, 6.45) is 1.98. The highest BCUT2D eigenvalue weighted by molar-refractivity contribution is 7.09. The number of piperidine rings is 1. The maximum Gasteiger partial charge on any atom is 0.303 e. The summed E-state index contributed by atoms with van der Waals surface area (Å²) in [4.78, 5) is 25.7. The normalized spacial score (nSPS) is 17.0. The van der Waals surface area contributed by atoms with Crippen LogP contribution < -0.4 is 5.32 Å². The second kappa shape index (κ2) is 7.40. The molecule has 0 saturated carbocycles. The summed E-state index contributed by atoms with van der Waals surface area (Å²) in [6.45, 7) is 2.62. The number of carbonyl (C=O) groups is 2. The fraction of sp³-hybridized carbons (Fsp3) is 0.571. The van der Waals surface area contributed by atoms with Gasteiger partial charge in [-0.05, 0) is 43.3 Å². The lowest BCUT2D eigenvalue weighted by atomic mass is 9.94. The van der Waals surface area contributed by atoms with Crippen molar-refractivity contribution in [2.24, 2.45) is 5.92 Å². The highest BCUT2D eigenvalue weighted by Crippen LogP contribution is 2.20. The van der Waals surface area contributed by atoms with E-state index in [0.29, 0.717) is 13.1 Å². The van der Waals surface area contributed by atoms with Crippen LogP contribution in [0.4, 0.5) is 0 Å². The molecule has 1 aliphatic heterocycles. The molecule has 2 heterocycles. The van der Waals surface area contributed by atoms with E-state index < -0.39 is 5.97 Å². The van der Waals surface area contributed by atoms with Crippen molar-refractivity contribution in [2.75, 3.05) is 19.6 Å². The summed E-state index contributed by atoms with van der Waals surface area (Å²) in [5.41, 5.74) is 0. The van der Waals surface area contributed by atoms with Gasteiger partial charge in [0.25, 0.3) is 0 Å². The molecular weight excluding hydrogens is 276 g/mol. The molecule has 0 radical (unpaired) electrons. The molecule has 2 N–H and O–H groups in total. The van der Waals surface area contributed by atoms with Crippen molar-refractivity contribution in [1.82, 2.24) is 10.2 Å². The van der Waals surface area contributed by atoms with Gasteiger partial charge < -0.3 is 10.4 Å². The van der Waals surface area contributed by atoms with Crippen molar-refractivity contribution in [3.63, 3.8) is 0 Å². The molecule has 1 saturated heterocycles. The number of carboxylic acids is 1. The Morgan fingerprint density at radius 2 is 2.15 bits per heavy atom. The molecule has 0 spiro atoms. The number of carbonyl (C=O) groups excluding carboxylic acids is 1. The van der Waals surface area contributed by atoms with E-state index in [9.17, 15) is 9.59 Å². The Balaban J connectivity index is 1.64. The minimum Gasteiger partial charge on any atom is -0.481 e. The SMILES string of the molecule is O=C(O)CC1CCN(CC(=O)NCc2cccs2)CC1. The standard InChI is InChI=1S/C14H20N2O3S/c17-13(15-9-12-2-1-7-20-12)10-16-5-3-11(4-6-16)8-14(18)19/h1-2,7,11H,3-6,8-10H2,(H,15,17)(H,18,19). The first kappa shape index (κ1) is 15.0. The minimum absolute atomic E-state index is 0.0371. The molecule has 1 amide bonds. The highest BCUT2D eigenvalue weighted by atomic mass is 32.1. The van der Waals surface area contributed by atoms with Crippen LogP contribution in [0.3, 0.4) is 0 Å². The molecule has 20 heavy (non-hydrogen) atoms. The summed E-state index contributed by atoms with van der Waals surface area (Å²) in [5.74, 6) is -0.426. The molecule has 0 atom stereocenters. The van der Waals surface area contributed by atoms with Crippen molar-refractivity contribution in [3.05, 3.63) is 22.4 Å². The molecule has 110 valence electrons. The zero-order valence-electron chi connectivity index (χ0n) is 11.4. The molecular formula is C14H20N2O3S. The van der Waals surface area contributed by atoms with Crippen LogP contribution in [0.2, 0.25) is 0 Å². The number of nitrogens with zero attached hydrogens (tertiary/aromatic N) is 1. The molecule has 1 aromatic heterocycles. The number of rotatable bonds is 6. The summed E-state index contributed by atoms with van der Waals surface area (Å²) in [5, 5.41) is 13.7. The van der Waals surface area contributed by atoms with E-state index in [1.165, 1.54) is 0 Å². The molecule has 0 unspecified atom stereocenters. The first-order valence-electron chi connectivity index (χ1n) is 6.86. The van der Waals surface area contributed by atoms with Gasteiger partial charge in [0.2, 0.25) is 5.91 Å². The maximum atomic E-state index is 11.8. The first-order chi connectivity index (χ1) is 9.63. The van der Waals surface area contributed by atoms with E-state index >= 15 is 0 Å². The molecule has 0 aromatic carbocycles. The number of aliphatic carboxylic acids is 1. The van der Waals surface area contributed by atoms with Gasteiger partial charge in [-0.3, -0.25) is 14.5 Å². The first-order valence-corrected chi connectivity index (χ1v) is 7.74. The summed E-state index contributed by atoms with van der Waals surface area (Å²) < 4.78 is 0. The van der Waals surface area contributed by atoms with Crippen LogP contribution in [0.15, 0.2) is 17.5 Å². The topological polar surface area (TPSA) is 69.6 Å². The zero-order chi connectivity index (χ0) is 14.4. The lowest BCUT2D eigenvalue weighted by Gasteiger charge is -2.30. The van der Waals surface area contributed by atoms with E-state index in [4.69, 9.17) is 5.11 Å². The van der Waals surface area contributed by atoms with Crippen LogP contribution in [0.25, 0.3) is 0 Å². The fourth-order valence-electron chi connectivity index (χ4n) is 2.45. The Bertz CT molecular complexity index is 439. The van der Waals surface area contributed by atoms with Gasteiger partial charge in [0.05, 0.1) is 13.1 Å². The van der Waals surface area contributed by atoms with Gasteiger partial charge in [-0.25, -0.2) is 0 Å². The Labute approximate surface area is 122 Å². The minimum atomic E-state index is -0.725. The Hall–Kier alpha value is -1.40. The van der Waals surface area contributed by atoms with Crippen molar-refractivity contribution in [2.45, 2.75) is 25.8 Å². The van der Waals surface area contributed by atoms with Crippen LogP contribution in [0.1, 0.15) is 24.1 Å². The van der Waals surface area contributed by atoms with Crippen LogP contribution in [-0.2, 0) is 16.1 Å². The summed E-state index contributed by atoms with van der Waals surface area (Å²) in [7, 11) is 0. The lowest BCUT2D eigenvalue weighted by molar-refractivity contribution is -0.138. The molecule has 5 nitrogen and oxygen atoms in total. The van der Waals surface area contributed by atoms with Crippen LogP contribution >= 0.6 is 11.3 Å². The molecule has 2 rings (SSSR count). The van der Waals surface area contributed by atoms with E-state index in [2.05, 4.69) is 10.2 Å². The number of amides is 1. The molecule has 1 aliphatic rings. The summed E-state index contributed by atoms with van der Waals surface area (Å²) >= 11 is 1.63. The average Bonchev–Trinajstić information content (AvgIpc) is 2.91. The molecule has 6 heteroatoms. The monoisotopic (exact) mass is 296 g/mol. The lowest BCUT2D eigenvalue weighted by Crippen LogP contribution is -2.41. The second-order valence-corrected chi connectivity index (χ2v) is 6.21. The fourth-order valence-corrected chi connectivity index (χ4v) is 3.10. The number of likely N-dealkylation sites (tertiary alicyclic amines) is 1. The van der Waals surface area contributed by atoms with Crippen LogP contribution in [-0.4, -0.2) is 41.5 Å². The number of hydrogen-bond donors (Lipinski definition) is 2. The van der Waals surface area contributed by atoms with E-state index in [1.807, 2.05) is 17.5 Å². The summed E-state index contributed by atoms with van der Waals surface area (Å²) in [6, 6.07) is 3.97. The number of nitrogens with one attached hydrogen (secondary N) is 1. The number of hydrogen-bond acceptors (Lipinski definition) is 4. The highest BCUT2D eigenvalue weighted by Gasteiger charge is 2.22. The number of thiophene rings is 1. The third kappa shape index (κ3) is 4.94. The maximum absolute atomic E-state index is 11.8. The van der Waals surface area contributed by atoms with Crippen molar-refractivity contribution in [3.8, 4) is 0 Å². The largest absolute Gasteiger partial charge is 0.481 e. The average molecular weight is 296 g/mol. The van der Waals surface area contributed by atoms with Crippen LogP contribution in [0.5, 0.6) is 0 Å². The number of carboxylic acid groups (broad SMARTS) is 1. The third-order valence-corrected chi connectivity index (χ3v) is 4.45. The van der Waals surface area contributed by atoms with E-state index in [-0.39, 0.29) is 18.2 Å². The van der Waals surface area contributed by atoms with Crippen LogP contribution in [0, 0.1) is 5.92 Å². The smallest absolute Gasteiger partial charge is 0.303 e.